The predicted molar refractivity (Wildman–Crippen MR) is 170 cm³/mol. The van der Waals surface area contributed by atoms with Crippen LogP contribution in [0.3, 0.4) is 0 Å². The van der Waals surface area contributed by atoms with Crippen LogP contribution in [0.15, 0.2) is 72.8 Å². The highest BCUT2D eigenvalue weighted by molar-refractivity contribution is 6.30. The van der Waals surface area contributed by atoms with E-state index < -0.39 is 0 Å². The van der Waals surface area contributed by atoms with Crippen LogP contribution in [0.1, 0.15) is 32.8 Å². The smallest absolute Gasteiger partial charge is 0.261 e. The van der Waals surface area contributed by atoms with E-state index in [9.17, 15) is 9.59 Å². The molecule has 11 heteroatoms. The van der Waals surface area contributed by atoms with E-state index in [1.54, 1.807) is 24.3 Å². The highest BCUT2D eigenvalue weighted by Gasteiger charge is 2.34. The molecule has 0 atom stereocenters. The van der Waals surface area contributed by atoms with Gasteiger partial charge in [-0.05, 0) is 55.3 Å². The highest BCUT2D eigenvalue weighted by atomic mass is 35.5. The molecule has 2 aliphatic heterocycles. The maximum atomic E-state index is 12.8. The summed E-state index contributed by atoms with van der Waals surface area (Å²) >= 11 is 6.09. The van der Waals surface area contributed by atoms with Gasteiger partial charge in [-0.1, -0.05) is 35.9 Å². The lowest BCUT2D eigenvalue weighted by Gasteiger charge is -2.27. The number of carbonyl (C=O) groups is 2. The van der Waals surface area contributed by atoms with Gasteiger partial charge in [0.05, 0.1) is 41.2 Å². The summed E-state index contributed by atoms with van der Waals surface area (Å²) in [6.07, 6.45) is 1.25. The minimum Gasteiger partial charge on any atom is -0.378 e. The maximum Gasteiger partial charge on any atom is 0.261 e. The molecule has 2 aromatic heterocycles. The first kappa shape index (κ1) is 28.0. The standard InChI is InChI=1S/C33H30ClN7O3/c1-39-29-19-21(8-13-26(29)27(38-39)7-4-14-41-31(42)24-5-2-3-6-25(24)32(41)43)28-20-30(35-23-11-9-22(34)10-12-23)37-33(36-28)40-15-17-44-18-16-40/h2-3,5-6,8-13,19-20H,4,7,14-18H2,1H3,(H,35,36,37). The van der Waals surface area contributed by atoms with Gasteiger partial charge in [0.15, 0.2) is 0 Å². The van der Waals surface area contributed by atoms with Crippen molar-refractivity contribution in [3.8, 4) is 11.3 Å². The number of fused-ring (bicyclic) bond motifs is 2. The van der Waals surface area contributed by atoms with Crippen molar-refractivity contribution in [2.45, 2.75) is 12.8 Å². The SMILES string of the molecule is Cn1nc(CCCN2C(=O)c3ccccc3C2=O)c2ccc(-c3cc(Nc4ccc(Cl)cc4)nc(N4CCOCC4)n3)cc21. The van der Waals surface area contributed by atoms with Crippen LogP contribution in [0.25, 0.3) is 22.2 Å². The van der Waals surface area contributed by atoms with Gasteiger partial charge in [0.1, 0.15) is 5.82 Å². The molecule has 1 saturated heterocycles. The van der Waals surface area contributed by atoms with Gasteiger partial charge in [-0.2, -0.15) is 10.1 Å². The zero-order valence-electron chi connectivity index (χ0n) is 24.2. The summed E-state index contributed by atoms with van der Waals surface area (Å²) in [5.41, 5.74) is 5.44. The number of hydrogen-bond acceptors (Lipinski definition) is 8. The Hall–Kier alpha value is -4.80. The number of hydrogen-bond donors (Lipinski definition) is 1. The molecule has 5 aromatic rings. The molecule has 0 radical (unpaired) electrons. The quantitative estimate of drug-likeness (QED) is 0.231. The molecule has 4 heterocycles. The van der Waals surface area contributed by atoms with Crippen LogP contribution < -0.4 is 10.2 Å². The molecule has 1 fully saturated rings. The summed E-state index contributed by atoms with van der Waals surface area (Å²) in [5, 5.41) is 9.88. The normalized spacial score (nSPS) is 14.9. The van der Waals surface area contributed by atoms with Crippen molar-refractivity contribution in [1.82, 2.24) is 24.6 Å². The fraction of sp³-hybridized carbons (Fsp3) is 0.242. The Morgan fingerprint density at radius 2 is 1.64 bits per heavy atom. The summed E-state index contributed by atoms with van der Waals surface area (Å²) in [7, 11) is 1.92. The first-order valence-electron chi connectivity index (χ1n) is 14.6. The number of nitrogens with zero attached hydrogens (tertiary/aromatic N) is 6. The molecule has 0 saturated carbocycles. The van der Waals surface area contributed by atoms with Crippen LogP contribution in [0.2, 0.25) is 5.02 Å². The number of ether oxygens (including phenoxy) is 1. The Morgan fingerprint density at radius 3 is 2.36 bits per heavy atom. The van der Waals surface area contributed by atoms with E-state index in [0.717, 1.165) is 33.5 Å². The summed E-state index contributed by atoms with van der Waals surface area (Å²) in [5.74, 6) is 0.860. The fourth-order valence-corrected chi connectivity index (χ4v) is 5.88. The maximum absolute atomic E-state index is 12.8. The average molecular weight is 608 g/mol. The van der Waals surface area contributed by atoms with Gasteiger partial charge in [-0.3, -0.25) is 19.2 Å². The van der Waals surface area contributed by atoms with Gasteiger partial charge in [0.25, 0.3) is 11.8 Å². The third-order valence-electron chi connectivity index (χ3n) is 8.02. The minimum absolute atomic E-state index is 0.229. The van der Waals surface area contributed by atoms with Crippen molar-refractivity contribution < 1.29 is 14.3 Å². The number of aromatic nitrogens is 4. The molecule has 0 unspecified atom stereocenters. The number of amides is 2. The van der Waals surface area contributed by atoms with Crippen molar-refractivity contribution in [1.29, 1.82) is 0 Å². The minimum atomic E-state index is -0.229. The lowest BCUT2D eigenvalue weighted by atomic mass is 10.1. The highest BCUT2D eigenvalue weighted by Crippen LogP contribution is 2.30. The van der Waals surface area contributed by atoms with Gasteiger partial charge < -0.3 is 15.0 Å². The Morgan fingerprint density at radius 1 is 0.909 bits per heavy atom. The van der Waals surface area contributed by atoms with E-state index in [0.29, 0.717) is 73.6 Å². The van der Waals surface area contributed by atoms with Crippen molar-refractivity contribution >= 4 is 51.8 Å². The van der Waals surface area contributed by atoms with Gasteiger partial charge in [-0.25, -0.2) is 4.98 Å². The Bertz CT molecular complexity index is 1850. The zero-order valence-corrected chi connectivity index (χ0v) is 24.9. The fourth-order valence-electron chi connectivity index (χ4n) is 5.76. The second kappa shape index (κ2) is 11.7. The number of halogens is 1. The van der Waals surface area contributed by atoms with E-state index >= 15 is 0 Å². The number of anilines is 3. The second-order valence-electron chi connectivity index (χ2n) is 10.9. The zero-order chi connectivity index (χ0) is 30.2. The number of imide groups is 1. The van der Waals surface area contributed by atoms with Gasteiger partial charge in [0.2, 0.25) is 5.95 Å². The predicted octanol–water partition coefficient (Wildman–Crippen LogP) is 5.49. The third kappa shape index (κ3) is 5.38. The number of morpholine rings is 1. The largest absolute Gasteiger partial charge is 0.378 e. The molecule has 1 N–H and O–H groups in total. The van der Waals surface area contributed by atoms with Gasteiger partial charge in [-0.15, -0.1) is 0 Å². The van der Waals surface area contributed by atoms with E-state index in [1.807, 2.05) is 42.1 Å². The first-order chi connectivity index (χ1) is 21.4. The van der Waals surface area contributed by atoms with Crippen LogP contribution in [-0.4, -0.2) is 69.3 Å². The number of rotatable bonds is 8. The van der Waals surface area contributed by atoms with Crippen molar-refractivity contribution in [2.75, 3.05) is 43.1 Å². The van der Waals surface area contributed by atoms with Crippen LogP contribution in [0.4, 0.5) is 17.5 Å². The molecule has 2 aliphatic rings. The monoisotopic (exact) mass is 607 g/mol. The van der Waals surface area contributed by atoms with Crippen LogP contribution in [0.5, 0.6) is 0 Å². The molecular formula is C33H30ClN7O3. The van der Waals surface area contributed by atoms with Crippen molar-refractivity contribution in [2.24, 2.45) is 7.05 Å². The number of aryl methyl sites for hydroxylation is 2. The molecule has 222 valence electrons. The molecule has 0 bridgehead atoms. The van der Waals surface area contributed by atoms with Gasteiger partial charge >= 0.3 is 0 Å². The Labute approximate surface area is 259 Å². The first-order valence-corrected chi connectivity index (χ1v) is 15.0. The van der Waals surface area contributed by atoms with Gasteiger partial charge in [0, 0.05) is 54.4 Å². The Balaban J connectivity index is 1.14. The summed E-state index contributed by atoms with van der Waals surface area (Å²) in [6, 6.07) is 22.6. The Kier molecular flexibility index (Phi) is 7.45. The van der Waals surface area contributed by atoms with Crippen LogP contribution in [-0.2, 0) is 18.2 Å². The molecule has 10 nitrogen and oxygen atoms in total. The van der Waals surface area contributed by atoms with Crippen LogP contribution >= 0.6 is 11.6 Å². The third-order valence-corrected chi connectivity index (χ3v) is 8.27. The van der Waals surface area contributed by atoms with E-state index in [-0.39, 0.29) is 11.8 Å². The second-order valence-corrected chi connectivity index (χ2v) is 11.3. The summed E-state index contributed by atoms with van der Waals surface area (Å²) in [6.45, 7) is 3.04. The molecule has 0 aliphatic carbocycles. The molecule has 2 amide bonds. The average Bonchev–Trinajstić information content (AvgIpc) is 3.50. The summed E-state index contributed by atoms with van der Waals surface area (Å²) in [4.78, 5) is 38.8. The lowest BCUT2D eigenvalue weighted by molar-refractivity contribution is 0.0652. The van der Waals surface area contributed by atoms with E-state index in [4.69, 9.17) is 31.4 Å². The van der Waals surface area contributed by atoms with E-state index in [2.05, 4.69) is 28.4 Å². The molecule has 0 spiro atoms. The molecule has 3 aromatic carbocycles. The van der Waals surface area contributed by atoms with Crippen molar-refractivity contribution in [3.05, 3.63) is 94.6 Å². The molecule has 7 rings (SSSR count). The molecular weight excluding hydrogens is 578 g/mol. The number of nitrogens with one attached hydrogen (secondary N) is 1. The van der Waals surface area contributed by atoms with E-state index in [1.165, 1.54) is 4.90 Å². The van der Waals surface area contributed by atoms with Crippen LogP contribution in [0, 0.1) is 0 Å². The van der Waals surface area contributed by atoms with Crippen molar-refractivity contribution in [3.63, 3.8) is 0 Å². The molecule has 44 heavy (non-hydrogen) atoms. The lowest BCUT2D eigenvalue weighted by Crippen LogP contribution is -2.37. The number of benzene rings is 3. The summed E-state index contributed by atoms with van der Waals surface area (Å²) < 4.78 is 7.42. The topological polar surface area (TPSA) is 105 Å². The number of carbonyl (C=O) groups excluding carboxylic acids is 2.